The fourth-order valence-electron chi connectivity index (χ4n) is 3.05. The third kappa shape index (κ3) is 5.80. The first-order valence-corrected chi connectivity index (χ1v) is 8.10. The minimum absolute atomic E-state index is 0.245. The fraction of sp³-hybridized carbons (Fsp3) is 1.00. The Morgan fingerprint density at radius 1 is 1.26 bits per heavy atom. The lowest BCUT2D eigenvalue weighted by molar-refractivity contribution is 0.187. The molecule has 0 aliphatic carbocycles. The topological polar surface area (TPSA) is 18.5 Å². The number of nitrogens with one attached hydrogen (secondary N) is 1. The number of likely N-dealkylation sites (N-methyl/N-ethyl adjacent to an activating group) is 1. The molecule has 19 heavy (non-hydrogen) atoms. The number of hydrogen-bond acceptors (Lipinski definition) is 3. The Hall–Kier alpha value is -0.120. The molecule has 1 rings (SSSR count). The molecular formula is C16H35N3. The van der Waals surface area contributed by atoms with Gasteiger partial charge in [0, 0.05) is 30.7 Å². The van der Waals surface area contributed by atoms with E-state index < -0.39 is 0 Å². The second-order valence-corrected chi connectivity index (χ2v) is 6.97. The van der Waals surface area contributed by atoms with E-state index in [-0.39, 0.29) is 5.54 Å². The summed E-state index contributed by atoms with van der Waals surface area (Å²) in [5.74, 6) is 0. The summed E-state index contributed by atoms with van der Waals surface area (Å²) in [4.78, 5) is 5.29. The Morgan fingerprint density at radius 2 is 1.89 bits per heavy atom. The molecular weight excluding hydrogens is 234 g/mol. The maximum atomic E-state index is 3.60. The van der Waals surface area contributed by atoms with E-state index in [4.69, 9.17) is 0 Å². The van der Waals surface area contributed by atoms with Crippen molar-refractivity contribution < 1.29 is 0 Å². The average molecular weight is 269 g/mol. The Labute approximate surface area is 120 Å². The zero-order valence-corrected chi connectivity index (χ0v) is 14.0. The summed E-state index contributed by atoms with van der Waals surface area (Å²) in [6.07, 6.45) is 2.60. The van der Waals surface area contributed by atoms with Crippen LogP contribution in [0, 0.1) is 0 Å². The Kier molecular flexibility index (Phi) is 6.78. The molecule has 3 heteroatoms. The van der Waals surface area contributed by atoms with Crippen molar-refractivity contribution in [3.05, 3.63) is 0 Å². The summed E-state index contributed by atoms with van der Waals surface area (Å²) in [5, 5.41) is 3.60. The van der Waals surface area contributed by atoms with Crippen molar-refractivity contribution >= 4 is 0 Å². The monoisotopic (exact) mass is 269 g/mol. The van der Waals surface area contributed by atoms with Gasteiger partial charge in [0.15, 0.2) is 0 Å². The summed E-state index contributed by atoms with van der Waals surface area (Å²) in [5.41, 5.74) is 0.245. The van der Waals surface area contributed by atoms with Crippen molar-refractivity contribution in [3.8, 4) is 0 Å². The van der Waals surface area contributed by atoms with Crippen LogP contribution in [-0.2, 0) is 0 Å². The average Bonchev–Trinajstić information content (AvgIpc) is 2.78. The van der Waals surface area contributed by atoms with E-state index in [2.05, 4.69) is 56.7 Å². The molecule has 0 aromatic heterocycles. The molecule has 2 atom stereocenters. The van der Waals surface area contributed by atoms with Crippen LogP contribution in [0.25, 0.3) is 0 Å². The van der Waals surface area contributed by atoms with Crippen LogP contribution < -0.4 is 5.32 Å². The van der Waals surface area contributed by atoms with Crippen LogP contribution in [0.1, 0.15) is 54.4 Å². The van der Waals surface area contributed by atoms with Gasteiger partial charge in [-0.15, -0.1) is 0 Å². The molecule has 1 aliphatic heterocycles. The molecule has 3 nitrogen and oxygen atoms in total. The van der Waals surface area contributed by atoms with Gasteiger partial charge in [-0.05, 0) is 60.2 Å². The van der Waals surface area contributed by atoms with Gasteiger partial charge in [0.05, 0.1) is 0 Å². The second kappa shape index (κ2) is 7.61. The minimum atomic E-state index is 0.245. The number of hydrogen-bond donors (Lipinski definition) is 1. The first kappa shape index (κ1) is 16.9. The summed E-state index contributed by atoms with van der Waals surface area (Å²) in [6, 6.07) is 1.49. The third-order valence-corrected chi connectivity index (χ3v) is 4.36. The highest BCUT2D eigenvalue weighted by molar-refractivity contribution is 4.85. The van der Waals surface area contributed by atoms with Gasteiger partial charge in [0.1, 0.15) is 0 Å². The Morgan fingerprint density at radius 3 is 2.42 bits per heavy atom. The van der Waals surface area contributed by atoms with E-state index in [0.717, 1.165) is 12.6 Å². The molecule has 0 amide bonds. The molecule has 1 heterocycles. The summed E-state index contributed by atoms with van der Waals surface area (Å²) in [7, 11) is 0. The molecule has 0 spiro atoms. The molecule has 1 fully saturated rings. The van der Waals surface area contributed by atoms with Crippen LogP contribution in [-0.4, -0.2) is 60.1 Å². The van der Waals surface area contributed by atoms with E-state index in [1.54, 1.807) is 0 Å². The standard InChI is InChI=1S/C16H35N3/c1-7-18(8-2)15-10-12-19(13-15)14(3)9-11-17-16(4,5)6/h14-15,17H,7-13H2,1-6H3. The first-order valence-electron chi connectivity index (χ1n) is 8.10. The Bertz CT molecular complexity index is 243. The van der Waals surface area contributed by atoms with Gasteiger partial charge in [0.25, 0.3) is 0 Å². The van der Waals surface area contributed by atoms with Crippen molar-refractivity contribution in [2.75, 3.05) is 32.7 Å². The maximum absolute atomic E-state index is 3.60. The van der Waals surface area contributed by atoms with E-state index in [9.17, 15) is 0 Å². The molecule has 1 N–H and O–H groups in total. The molecule has 0 aromatic rings. The summed E-state index contributed by atoms with van der Waals surface area (Å²) in [6.45, 7) is 19.7. The lowest BCUT2D eigenvalue weighted by Gasteiger charge is -2.29. The van der Waals surface area contributed by atoms with Crippen molar-refractivity contribution in [1.29, 1.82) is 0 Å². The molecule has 1 saturated heterocycles. The van der Waals surface area contributed by atoms with Gasteiger partial charge in [-0.2, -0.15) is 0 Å². The van der Waals surface area contributed by atoms with Gasteiger partial charge in [-0.25, -0.2) is 0 Å². The van der Waals surface area contributed by atoms with Crippen LogP contribution in [0.15, 0.2) is 0 Å². The predicted octanol–water partition coefficient (Wildman–Crippen LogP) is 2.57. The van der Waals surface area contributed by atoms with Gasteiger partial charge >= 0.3 is 0 Å². The molecule has 114 valence electrons. The largest absolute Gasteiger partial charge is 0.312 e. The van der Waals surface area contributed by atoms with E-state index in [0.29, 0.717) is 6.04 Å². The quantitative estimate of drug-likeness (QED) is 0.766. The predicted molar refractivity (Wildman–Crippen MR) is 84.7 cm³/mol. The van der Waals surface area contributed by atoms with Crippen molar-refractivity contribution in [2.24, 2.45) is 0 Å². The first-order chi connectivity index (χ1) is 8.87. The van der Waals surface area contributed by atoms with E-state index in [1.165, 1.54) is 39.0 Å². The zero-order valence-electron chi connectivity index (χ0n) is 14.0. The van der Waals surface area contributed by atoms with Crippen molar-refractivity contribution in [2.45, 2.75) is 72.0 Å². The lowest BCUT2D eigenvalue weighted by atomic mass is 10.1. The van der Waals surface area contributed by atoms with E-state index in [1.807, 2.05) is 0 Å². The molecule has 0 bridgehead atoms. The zero-order chi connectivity index (χ0) is 14.5. The maximum Gasteiger partial charge on any atom is 0.0235 e. The minimum Gasteiger partial charge on any atom is -0.312 e. The summed E-state index contributed by atoms with van der Waals surface area (Å²) < 4.78 is 0. The van der Waals surface area contributed by atoms with E-state index >= 15 is 0 Å². The molecule has 1 aliphatic rings. The fourth-order valence-corrected chi connectivity index (χ4v) is 3.05. The van der Waals surface area contributed by atoms with Crippen LogP contribution >= 0.6 is 0 Å². The van der Waals surface area contributed by atoms with Gasteiger partial charge < -0.3 is 5.32 Å². The Balaban J connectivity index is 2.29. The summed E-state index contributed by atoms with van der Waals surface area (Å²) >= 11 is 0. The van der Waals surface area contributed by atoms with Gasteiger partial charge in [-0.3, -0.25) is 9.80 Å². The van der Waals surface area contributed by atoms with Crippen LogP contribution in [0.5, 0.6) is 0 Å². The van der Waals surface area contributed by atoms with Gasteiger partial charge in [-0.1, -0.05) is 13.8 Å². The molecule has 0 radical (unpaired) electrons. The highest BCUT2D eigenvalue weighted by atomic mass is 15.3. The smallest absolute Gasteiger partial charge is 0.0235 e. The van der Waals surface area contributed by atoms with Crippen molar-refractivity contribution in [1.82, 2.24) is 15.1 Å². The number of rotatable bonds is 7. The number of likely N-dealkylation sites (tertiary alicyclic amines) is 1. The highest BCUT2D eigenvalue weighted by Crippen LogP contribution is 2.19. The normalized spacial score (nSPS) is 23.2. The number of nitrogens with zero attached hydrogens (tertiary/aromatic N) is 2. The second-order valence-electron chi connectivity index (χ2n) is 6.97. The SMILES string of the molecule is CCN(CC)C1CCN(C(C)CCNC(C)(C)C)C1. The molecule has 0 aromatic carbocycles. The highest BCUT2D eigenvalue weighted by Gasteiger charge is 2.28. The van der Waals surface area contributed by atoms with Crippen LogP contribution in [0.4, 0.5) is 0 Å². The van der Waals surface area contributed by atoms with Crippen molar-refractivity contribution in [3.63, 3.8) is 0 Å². The van der Waals surface area contributed by atoms with Gasteiger partial charge in [0.2, 0.25) is 0 Å². The van der Waals surface area contributed by atoms with Crippen LogP contribution in [0.3, 0.4) is 0 Å². The van der Waals surface area contributed by atoms with Crippen LogP contribution in [0.2, 0.25) is 0 Å². The lowest BCUT2D eigenvalue weighted by Crippen LogP contribution is -2.42. The molecule has 0 saturated carbocycles. The third-order valence-electron chi connectivity index (χ3n) is 4.36. The molecule has 2 unspecified atom stereocenters.